The van der Waals surface area contributed by atoms with Gasteiger partial charge in [-0.05, 0) is 59.6 Å². The Labute approximate surface area is 238 Å². The van der Waals surface area contributed by atoms with Gasteiger partial charge in [0.1, 0.15) is 10.8 Å². The third kappa shape index (κ3) is 6.04. The van der Waals surface area contributed by atoms with Gasteiger partial charge in [0.15, 0.2) is 10.3 Å². The standard InChI is InChI=1S/C30H31N7S2/c38-28(33-21-30(14-7-2-8-15-30)24-12-3-1-4-13-24)36-27-34-25(37-19-22-10-5-6-11-23(22)20-37)18-26(35-27)39-29-31-16-9-17-32-29/h1,3-6,9-13,16-18H,2,7-8,14-15,19-21H2,(H2,33,34,35,36,38). The molecule has 1 saturated carbocycles. The number of thiocarbonyl (C=S) groups is 1. The van der Waals surface area contributed by atoms with Crippen molar-refractivity contribution in [3.05, 3.63) is 95.8 Å². The number of rotatable bonds is 7. The van der Waals surface area contributed by atoms with Gasteiger partial charge in [-0.15, -0.1) is 0 Å². The van der Waals surface area contributed by atoms with Crippen LogP contribution in [-0.4, -0.2) is 31.6 Å². The maximum Gasteiger partial charge on any atom is 0.232 e. The Morgan fingerprint density at radius 2 is 1.56 bits per heavy atom. The van der Waals surface area contributed by atoms with Crippen molar-refractivity contribution in [1.82, 2.24) is 25.3 Å². The molecule has 6 rings (SSSR count). The lowest BCUT2D eigenvalue weighted by molar-refractivity contribution is 0.292. The zero-order valence-corrected chi connectivity index (χ0v) is 23.3. The molecule has 0 amide bonds. The fraction of sp³-hybridized carbons (Fsp3) is 0.300. The van der Waals surface area contributed by atoms with Gasteiger partial charge in [0, 0.05) is 43.5 Å². The number of fused-ring (bicyclic) bond motifs is 1. The number of aromatic nitrogens is 4. The van der Waals surface area contributed by atoms with E-state index < -0.39 is 0 Å². The van der Waals surface area contributed by atoms with Crippen LogP contribution < -0.4 is 15.5 Å². The first kappa shape index (κ1) is 25.7. The molecule has 0 bridgehead atoms. The largest absolute Gasteiger partial charge is 0.361 e. The number of nitrogens with one attached hydrogen (secondary N) is 2. The molecule has 2 N–H and O–H groups in total. The van der Waals surface area contributed by atoms with Crippen molar-refractivity contribution in [1.29, 1.82) is 0 Å². The number of hydrogen-bond acceptors (Lipinski definition) is 7. The third-order valence-corrected chi connectivity index (χ3v) is 8.66. The van der Waals surface area contributed by atoms with E-state index in [-0.39, 0.29) is 5.41 Å². The summed E-state index contributed by atoms with van der Waals surface area (Å²) in [6.07, 6.45) is 9.56. The van der Waals surface area contributed by atoms with Crippen molar-refractivity contribution in [3.8, 4) is 0 Å². The van der Waals surface area contributed by atoms with Gasteiger partial charge in [-0.1, -0.05) is 73.9 Å². The van der Waals surface area contributed by atoms with Crippen molar-refractivity contribution in [3.63, 3.8) is 0 Å². The van der Waals surface area contributed by atoms with Gasteiger partial charge in [-0.3, -0.25) is 0 Å². The Morgan fingerprint density at radius 3 is 2.28 bits per heavy atom. The highest BCUT2D eigenvalue weighted by Gasteiger charge is 2.34. The zero-order valence-electron chi connectivity index (χ0n) is 21.7. The van der Waals surface area contributed by atoms with Crippen LogP contribution in [0.1, 0.15) is 48.8 Å². The van der Waals surface area contributed by atoms with Crippen LogP contribution in [-0.2, 0) is 18.5 Å². The molecule has 2 aromatic carbocycles. The minimum atomic E-state index is 0.0843. The van der Waals surface area contributed by atoms with E-state index in [0.717, 1.165) is 43.3 Å². The summed E-state index contributed by atoms with van der Waals surface area (Å²) in [6.45, 7) is 2.39. The Bertz CT molecular complexity index is 1400. The molecule has 3 heterocycles. The Balaban J connectivity index is 1.21. The van der Waals surface area contributed by atoms with E-state index in [1.807, 2.05) is 12.1 Å². The molecule has 1 aliphatic carbocycles. The molecule has 0 spiro atoms. The van der Waals surface area contributed by atoms with Gasteiger partial charge in [0.25, 0.3) is 0 Å². The van der Waals surface area contributed by atoms with Crippen LogP contribution in [0.25, 0.3) is 0 Å². The summed E-state index contributed by atoms with van der Waals surface area (Å²) in [4.78, 5) is 20.6. The van der Waals surface area contributed by atoms with E-state index in [1.54, 1.807) is 12.4 Å². The van der Waals surface area contributed by atoms with E-state index in [4.69, 9.17) is 22.2 Å². The van der Waals surface area contributed by atoms with Gasteiger partial charge < -0.3 is 15.5 Å². The van der Waals surface area contributed by atoms with Gasteiger partial charge >= 0.3 is 0 Å². The van der Waals surface area contributed by atoms with Crippen LogP contribution in [0.5, 0.6) is 0 Å². The summed E-state index contributed by atoms with van der Waals surface area (Å²) in [7, 11) is 0. The van der Waals surface area contributed by atoms with E-state index >= 15 is 0 Å². The lowest BCUT2D eigenvalue weighted by Gasteiger charge is -2.38. The molecular weight excluding hydrogens is 523 g/mol. The van der Waals surface area contributed by atoms with E-state index in [2.05, 4.69) is 80.1 Å². The smallest absolute Gasteiger partial charge is 0.232 e. The highest BCUT2D eigenvalue weighted by molar-refractivity contribution is 7.99. The molecule has 1 fully saturated rings. The fourth-order valence-corrected chi connectivity index (χ4v) is 6.47. The summed E-state index contributed by atoms with van der Waals surface area (Å²) < 4.78 is 0. The van der Waals surface area contributed by atoms with Crippen LogP contribution in [0.2, 0.25) is 0 Å². The molecule has 0 saturated heterocycles. The maximum atomic E-state index is 5.76. The summed E-state index contributed by atoms with van der Waals surface area (Å²) in [6, 6.07) is 23.2. The van der Waals surface area contributed by atoms with Crippen molar-refractivity contribution in [2.75, 3.05) is 16.8 Å². The van der Waals surface area contributed by atoms with Crippen LogP contribution in [0.4, 0.5) is 11.8 Å². The molecular formula is C30H31N7S2. The fourth-order valence-electron chi connectivity index (χ4n) is 5.59. The van der Waals surface area contributed by atoms with Gasteiger partial charge in [-0.2, -0.15) is 4.98 Å². The Kier molecular flexibility index (Phi) is 7.69. The predicted molar refractivity (Wildman–Crippen MR) is 160 cm³/mol. The molecule has 0 unspecified atom stereocenters. The first-order valence-corrected chi connectivity index (χ1v) is 14.7. The van der Waals surface area contributed by atoms with Crippen molar-refractivity contribution >= 4 is 40.9 Å². The molecule has 4 aromatic rings. The Hall–Kier alpha value is -3.56. The Morgan fingerprint density at radius 1 is 0.872 bits per heavy atom. The highest BCUT2D eigenvalue weighted by atomic mass is 32.2. The van der Waals surface area contributed by atoms with Crippen molar-refractivity contribution < 1.29 is 0 Å². The van der Waals surface area contributed by atoms with Crippen LogP contribution in [0.15, 0.2) is 89.3 Å². The van der Waals surface area contributed by atoms with Crippen LogP contribution in [0.3, 0.4) is 0 Å². The van der Waals surface area contributed by atoms with Gasteiger partial charge in [-0.25, -0.2) is 15.0 Å². The second kappa shape index (κ2) is 11.7. The van der Waals surface area contributed by atoms with E-state index in [0.29, 0.717) is 16.2 Å². The summed E-state index contributed by atoms with van der Waals surface area (Å²) in [5.74, 6) is 1.31. The van der Waals surface area contributed by atoms with E-state index in [1.165, 1.54) is 47.7 Å². The van der Waals surface area contributed by atoms with E-state index in [9.17, 15) is 0 Å². The summed E-state index contributed by atoms with van der Waals surface area (Å²) in [5.41, 5.74) is 4.11. The minimum absolute atomic E-state index is 0.0843. The van der Waals surface area contributed by atoms with Crippen molar-refractivity contribution in [2.24, 2.45) is 0 Å². The molecule has 0 atom stereocenters. The predicted octanol–water partition coefficient (Wildman–Crippen LogP) is 6.13. The monoisotopic (exact) mass is 553 g/mol. The van der Waals surface area contributed by atoms with Crippen LogP contribution >= 0.6 is 24.0 Å². The molecule has 1 aliphatic heterocycles. The van der Waals surface area contributed by atoms with Gasteiger partial charge in [0.2, 0.25) is 5.95 Å². The lowest BCUT2D eigenvalue weighted by atomic mass is 9.69. The second-order valence-corrected chi connectivity index (χ2v) is 11.6. The third-order valence-electron chi connectivity index (χ3n) is 7.60. The average molecular weight is 554 g/mol. The topological polar surface area (TPSA) is 78.9 Å². The molecule has 9 heteroatoms. The first-order valence-electron chi connectivity index (χ1n) is 13.4. The number of nitrogens with zero attached hydrogens (tertiary/aromatic N) is 5. The number of benzene rings is 2. The molecule has 198 valence electrons. The number of anilines is 2. The molecule has 2 aliphatic rings. The zero-order chi connectivity index (χ0) is 26.5. The molecule has 0 radical (unpaired) electrons. The molecule has 7 nitrogen and oxygen atoms in total. The lowest BCUT2D eigenvalue weighted by Crippen LogP contribution is -2.43. The summed E-state index contributed by atoms with van der Waals surface area (Å²) >= 11 is 7.18. The SMILES string of the molecule is S=C(NCC1(c2ccccc2)CCCCC1)Nc1nc(Sc2ncccn2)cc(N2Cc3ccccc3C2)n1. The average Bonchev–Trinajstić information content (AvgIpc) is 3.42. The van der Waals surface area contributed by atoms with Crippen LogP contribution in [0, 0.1) is 0 Å². The normalized spacial score (nSPS) is 15.9. The maximum absolute atomic E-state index is 5.76. The number of hydrogen-bond donors (Lipinski definition) is 2. The quantitative estimate of drug-likeness (QED) is 0.160. The highest BCUT2D eigenvalue weighted by Crippen LogP contribution is 2.39. The summed E-state index contributed by atoms with van der Waals surface area (Å²) in [5, 5.41) is 8.72. The van der Waals surface area contributed by atoms with Gasteiger partial charge in [0.05, 0.1) is 0 Å². The second-order valence-electron chi connectivity index (χ2n) is 10.2. The first-order chi connectivity index (χ1) is 19.2. The van der Waals surface area contributed by atoms with Crippen molar-refractivity contribution in [2.45, 2.75) is 60.8 Å². The molecule has 39 heavy (non-hydrogen) atoms. The molecule has 2 aromatic heterocycles. The minimum Gasteiger partial charge on any atom is -0.361 e.